The molecular formula is C13H14N2O2S2. The van der Waals surface area contributed by atoms with Gasteiger partial charge >= 0.3 is 0 Å². The molecule has 2 heterocycles. The van der Waals surface area contributed by atoms with Crippen molar-refractivity contribution >= 4 is 28.2 Å². The van der Waals surface area contributed by atoms with Crippen LogP contribution in [0.1, 0.15) is 0 Å². The maximum absolute atomic E-state index is 9.85. The van der Waals surface area contributed by atoms with Crippen molar-refractivity contribution in [2.24, 2.45) is 0 Å². The minimum atomic E-state index is 0.0600. The van der Waals surface area contributed by atoms with E-state index in [2.05, 4.69) is 9.88 Å². The molecule has 0 amide bonds. The molecule has 0 aliphatic carbocycles. The van der Waals surface area contributed by atoms with Gasteiger partial charge in [-0.3, -0.25) is 0 Å². The first-order valence-corrected chi connectivity index (χ1v) is 8.08. The zero-order valence-corrected chi connectivity index (χ0v) is 11.9. The van der Waals surface area contributed by atoms with Crippen molar-refractivity contribution in [3.63, 3.8) is 0 Å². The number of phenols is 2. The highest BCUT2D eigenvalue weighted by molar-refractivity contribution is 7.99. The second kappa shape index (κ2) is 5.30. The van der Waals surface area contributed by atoms with Gasteiger partial charge in [-0.2, -0.15) is 11.8 Å². The third-order valence-corrected chi connectivity index (χ3v) is 4.87. The lowest BCUT2D eigenvalue weighted by atomic mass is 10.1. The van der Waals surface area contributed by atoms with Crippen LogP contribution >= 0.6 is 23.1 Å². The van der Waals surface area contributed by atoms with Gasteiger partial charge in [-0.1, -0.05) is 0 Å². The number of anilines is 1. The summed E-state index contributed by atoms with van der Waals surface area (Å²) >= 11 is 3.56. The van der Waals surface area contributed by atoms with Gasteiger partial charge in [-0.15, -0.1) is 11.3 Å². The fourth-order valence-electron chi connectivity index (χ4n) is 2.02. The lowest BCUT2D eigenvalue weighted by Gasteiger charge is -2.25. The molecule has 0 bridgehead atoms. The van der Waals surface area contributed by atoms with E-state index < -0.39 is 0 Å². The second-order valence-electron chi connectivity index (χ2n) is 4.32. The molecule has 0 saturated carbocycles. The minimum Gasteiger partial charge on any atom is -0.508 e. The zero-order chi connectivity index (χ0) is 13.2. The van der Waals surface area contributed by atoms with Gasteiger partial charge in [-0.25, -0.2) is 4.98 Å². The van der Waals surface area contributed by atoms with Gasteiger partial charge in [0.15, 0.2) is 5.13 Å². The summed E-state index contributed by atoms with van der Waals surface area (Å²) in [6, 6.07) is 4.59. The predicted molar refractivity (Wildman–Crippen MR) is 80.4 cm³/mol. The standard InChI is InChI=1S/C13H14N2O2S2/c16-9-1-2-10(12(17)7-9)11-8-19-13(14-11)15-3-5-18-6-4-15/h1-2,7-8,16-17H,3-6H2. The van der Waals surface area contributed by atoms with Crippen LogP contribution < -0.4 is 4.90 Å². The number of phenolic OH excluding ortho intramolecular Hbond substituents is 2. The molecular weight excluding hydrogens is 280 g/mol. The summed E-state index contributed by atoms with van der Waals surface area (Å²) in [5.74, 6) is 2.40. The maximum atomic E-state index is 9.85. The maximum Gasteiger partial charge on any atom is 0.185 e. The Morgan fingerprint density at radius 2 is 1.95 bits per heavy atom. The van der Waals surface area contributed by atoms with E-state index in [9.17, 15) is 10.2 Å². The Morgan fingerprint density at radius 3 is 2.68 bits per heavy atom. The normalized spacial score (nSPS) is 15.7. The van der Waals surface area contributed by atoms with Crippen molar-refractivity contribution in [3.05, 3.63) is 23.6 Å². The number of hydrogen-bond donors (Lipinski definition) is 2. The molecule has 0 unspecified atom stereocenters. The molecule has 1 aliphatic heterocycles. The zero-order valence-electron chi connectivity index (χ0n) is 10.2. The van der Waals surface area contributed by atoms with Gasteiger partial charge in [0.05, 0.1) is 5.69 Å². The van der Waals surface area contributed by atoms with Gasteiger partial charge in [-0.05, 0) is 12.1 Å². The van der Waals surface area contributed by atoms with Crippen LogP contribution in [0.4, 0.5) is 5.13 Å². The Kier molecular flexibility index (Phi) is 3.52. The smallest absolute Gasteiger partial charge is 0.185 e. The lowest BCUT2D eigenvalue weighted by Crippen LogP contribution is -2.32. The molecule has 19 heavy (non-hydrogen) atoms. The first-order valence-electron chi connectivity index (χ1n) is 6.04. The van der Waals surface area contributed by atoms with Crippen LogP contribution in [0.2, 0.25) is 0 Å². The summed E-state index contributed by atoms with van der Waals surface area (Å²) in [7, 11) is 0. The van der Waals surface area contributed by atoms with Crippen molar-refractivity contribution in [1.29, 1.82) is 0 Å². The molecule has 100 valence electrons. The van der Waals surface area contributed by atoms with Crippen LogP contribution in [0.3, 0.4) is 0 Å². The van der Waals surface area contributed by atoms with E-state index in [1.165, 1.54) is 6.07 Å². The van der Waals surface area contributed by atoms with E-state index in [0.717, 1.165) is 35.4 Å². The monoisotopic (exact) mass is 294 g/mol. The highest BCUT2D eigenvalue weighted by atomic mass is 32.2. The summed E-state index contributed by atoms with van der Waals surface area (Å²) in [5, 5.41) is 22.1. The molecule has 3 rings (SSSR count). The Balaban J connectivity index is 1.87. The van der Waals surface area contributed by atoms with Crippen LogP contribution in [-0.4, -0.2) is 39.8 Å². The molecule has 2 N–H and O–H groups in total. The molecule has 0 atom stereocenters. The molecule has 4 nitrogen and oxygen atoms in total. The Hall–Kier alpha value is -1.40. The quantitative estimate of drug-likeness (QED) is 0.892. The van der Waals surface area contributed by atoms with E-state index in [1.807, 2.05) is 17.1 Å². The second-order valence-corrected chi connectivity index (χ2v) is 6.38. The number of rotatable bonds is 2. The van der Waals surface area contributed by atoms with Gasteiger partial charge in [0.25, 0.3) is 0 Å². The Labute approximate surface area is 119 Å². The van der Waals surface area contributed by atoms with E-state index >= 15 is 0 Å². The number of nitrogens with zero attached hydrogens (tertiary/aromatic N) is 2. The fraction of sp³-hybridized carbons (Fsp3) is 0.308. The predicted octanol–water partition coefficient (Wildman–Crippen LogP) is 2.77. The van der Waals surface area contributed by atoms with E-state index in [0.29, 0.717) is 5.56 Å². The molecule has 2 aromatic rings. The number of aromatic hydroxyl groups is 2. The van der Waals surface area contributed by atoms with Crippen LogP contribution in [0.15, 0.2) is 23.6 Å². The summed E-state index contributed by atoms with van der Waals surface area (Å²) in [5.41, 5.74) is 1.42. The van der Waals surface area contributed by atoms with Gasteiger partial charge in [0.2, 0.25) is 0 Å². The molecule has 1 aromatic carbocycles. The molecule has 1 aliphatic rings. The van der Waals surface area contributed by atoms with E-state index in [-0.39, 0.29) is 11.5 Å². The van der Waals surface area contributed by atoms with Crippen molar-refractivity contribution in [2.45, 2.75) is 0 Å². The third-order valence-electron chi connectivity index (χ3n) is 3.03. The minimum absolute atomic E-state index is 0.0600. The number of benzene rings is 1. The van der Waals surface area contributed by atoms with Crippen LogP contribution in [0, 0.1) is 0 Å². The van der Waals surface area contributed by atoms with Crippen molar-refractivity contribution in [1.82, 2.24) is 4.98 Å². The number of aromatic nitrogens is 1. The first kappa shape index (κ1) is 12.6. The highest BCUT2D eigenvalue weighted by Gasteiger charge is 2.16. The number of hydrogen-bond acceptors (Lipinski definition) is 6. The molecule has 1 aromatic heterocycles. The van der Waals surface area contributed by atoms with E-state index in [4.69, 9.17) is 0 Å². The highest BCUT2D eigenvalue weighted by Crippen LogP contribution is 2.35. The van der Waals surface area contributed by atoms with Gasteiger partial charge in [0.1, 0.15) is 11.5 Å². The molecule has 6 heteroatoms. The summed E-state index contributed by atoms with van der Waals surface area (Å²) in [4.78, 5) is 6.87. The van der Waals surface area contributed by atoms with E-state index in [1.54, 1.807) is 23.5 Å². The largest absolute Gasteiger partial charge is 0.508 e. The summed E-state index contributed by atoms with van der Waals surface area (Å²) < 4.78 is 0. The van der Waals surface area contributed by atoms with Crippen molar-refractivity contribution < 1.29 is 10.2 Å². The Morgan fingerprint density at radius 1 is 1.16 bits per heavy atom. The van der Waals surface area contributed by atoms with Crippen LogP contribution in [-0.2, 0) is 0 Å². The average molecular weight is 294 g/mol. The fourth-order valence-corrected chi connectivity index (χ4v) is 3.81. The topological polar surface area (TPSA) is 56.6 Å². The SMILES string of the molecule is Oc1ccc(-c2csc(N3CCSCC3)n2)c(O)c1. The number of thioether (sulfide) groups is 1. The Bertz CT molecular complexity index is 580. The lowest BCUT2D eigenvalue weighted by molar-refractivity contribution is 0.452. The molecule has 0 radical (unpaired) electrons. The van der Waals surface area contributed by atoms with Crippen molar-refractivity contribution in [2.75, 3.05) is 29.5 Å². The van der Waals surface area contributed by atoms with Gasteiger partial charge in [0, 0.05) is 41.6 Å². The third kappa shape index (κ3) is 2.64. The molecule has 1 fully saturated rings. The number of thiazole rings is 1. The summed E-state index contributed by atoms with van der Waals surface area (Å²) in [6.45, 7) is 2.05. The average Bonchev–Trinajstić information content (AvgIpc) is 2.89. The summed E-state index contributed by atoms with van der Waals surface area (Å²) in [6.07, 6.45) is 0. The van der Waals surface area contributed by atoms with Gasteiger partial charge < -0.3 is 15.1 Å². The molecule has 0 spiro atoms. The van der Waals surface area contributed by atoms with Crippen LogP contribution in [0.5, 0.6) is 11.5 Å². The van der Waals surface area contributed by atoms with Crippen LogP contribution in [0.25, 0.3) is 11.3 Å². The first-order chi connectivity index (χ1) is 9.24. The molecule has 1 saturated heterocycles. The van der Waals surface area contributed by atoms with Crippen molar-refractivity contribution in [3.8, 4) is 22.8 Å².